The molecular weight excluding hydrogens is 260 g/mol. The number of thioether (sulfide) groups is 1. The van der Waals surface area contributed by atoms with Crippen LogP contribution in [0, 0.1) is 5.41 Å². The van der Waals surface area contributed by atoms with Crippen LogP contribution in [0.15, 0.2) is 0 Å². The van der Waals surface area contributed by atoms with Gasteiger partial charge in [-0.3, -0.25) is 4.79 Å². The first-order valence-electron chi connectivity index (χ1n) is 7.30. The number of ether oxygens (including phenoxy) is 1. The molecule has 1 rings (SSSR count). The van der Waals surface area contributed by atoms with Crippen LogP contribution >= 0.6 is 11.8 Å². The molecule has 1 fully saturated rings. The Labute approximate surface area is 121 Å². The van der Waals surface area contributed by atoms with Crippen LogP contribution in [0.2, 0.25) is 0 Å². The zero-order chi connectivity index (χ0) is 14.0. The molecule has 0 saturated carbocycles. The highest BCUT2D eigenvalue weighted by Crippen LogP contribution is 2.29. The molecule has 1 aliphatic heterocycles. The number of nitrogens with two attached hydrogens (primary N) is 1. The average molecular weight is 288 g/mol. The van der Waals surface area contributed by atoms with E-state index in [2.05, 4.69) is 11.6 Å². The minimum absolute atomic E-state index is 0.127. The monoisotopic (exact) mass is 288 g/mol. The highest BCUT2D eigenvalue weighted by Gasteiger charge is 2.38. The topological polar surface area (TPSA) is 64.4 Å². The Morgan fingerprint density at radius 3 is 2.58 bits per heavy atom. The quantitative estimate of drug-likeness (QED) is 0.635. The fraction of sp³-hybridized carbons (Fsp3) is 0.929. The van der Waals surface area contributed by atoms with Crippen LogP contribution in [0.4, 0.5) is 0 Å². The van der Waals surface area contributed by atoms with Gasteiger partial charge in [-0.25, -0.2) is 0 Å². The Bertz CT molecular complexity index is 256. The Morgan fingerprint density at radius 2 is 1.95 bits per heavy atom. The molecule has 4 nitrogen and oxygen atoms in total. The third-order valence-electron chi connectivity index (χ3n) is 3.88. The van der Waals surface area contributed by atoms with Gasteiger partial charge >= 0.3 is 0 Å². The van der Waals surface area contributed by atoms with E-state index in [1.54, 1.807) is 0 Å². The Balaban J connectivity index is 2.15. The highest BCUT2D eigenvalue weighted by molar-refractivity contribution is 7.98. The minimum Gasteiger partial charge on any atom is -0.381 e. The first-order chi connectivity index (χ1) is 9.25. The summed E-state index contributed by atoms with van der Waals surface area (Å²) >= 11 is 1.90. The van der Waals surface area contributed by atoms with E-state index in [1.807, 2.05) is 11.8 Å². The first-order valence-corrected chi connectivity index (χ1v) is 8.69. The van der Waals surface area contributed by atoms with Gasteiger partial charge in [0, 0.05) is 26.3 Å². The lowest BCUT2D eigenvalue weighted by Gasteiger charge is -2.34. The molecule has 0 radical (unpaired) electrons. The first kappa shape index (κ1) is 16.8. The number of nitrogens with one attached hydrogen (secondary N) is 1. The lowest BCUT2D eigenvalue weighted by Crippen LogP contribution is -2.49. The maximum Gasteiger partial charge on any atom is 0.227 e. The smallest absolute Gasteiger partial charge is 0.227 e. The van der Waals surface area contributed by atoms with Crippen LogP contribution < -0.4 is 11.1 Å². The second-order valence-corrected chi connectivity index (χ2v) is 6.25. The molecule has 0 spiro atoms. The van der Waals surface area contributed by atoms with E-state index in [0.717, 1.165) is 25.8 Å². The zero-order valence-electron chi connectivity index (χ0n) is 12.1. The largest absolute Gasteiger partial charge is 0.381 e. The van der Waals surface area contributed by atoms with Crippen molar-refractivity contribution in [2.24, 2.45) is 11.1 Å². The molecule has 1 amide bonds. The lowest BCUT2D eigenvalue weighted by atomic mass is 9.79. The van der Waals surface area contributed by atoms with Gasteiger partial charge in [-0.15, -0.1) is 0 Å². The summed E-state index contributed by atoms with van der Waals surface area (Å²) in [5.74, 6) is 1.37. The number of carbonyl (C=O) groups excluding carboxylic acids is 1. The van der Waals surface area contributed by atoms with Crippen LogP contribution in [0.25, 0.3) is 0 Å². The van der Waals surface area contributed by atoms with Gasteiger partial charge in [-0.1, -0.05) is 12.8 Å². The van der Waals surface area contributed by atoms with Crippen molar-refractivity contribution in [1.82, 2.24) is 5.32 Å². The van der Waals surface area contributed by atoms with Crippen molar-refractivity contribution in [3.05, 3.63) is 0 Å². The van der Waals surface area contributed by atoms with Crippen LogP contribution in [0.3, 0.4) is 0 Å². The molecule has 19 heavy (non-hydrogen) atoms. The van der Waals surface area contributed by atoms with Crippen molar-refractivity contribution in [3.8, 4) is 0 Å². The Morgan fingerprint density at radius 1 is 1.26 bits per heavy atom. The summed E-state index contributed by atoms with van der Waals surface area (Å²) in [4.78, 5) is 12.2. The van der Waals surface area contributed by atoms with E-state index in [0.29, 0.717) is 19.8 Å². The maximum atomic E-state index is 12.2. The number of carbonyl (C=O) groups is 1. The van der Waals surface area contributed by atoms with E-state index >= 15 is 0 Å². The number of unbranched alkanes of at least 4 members (excludes halogenated alkanes) is 3. The van der Waals surface area contributed by atoms with Gasteiger partial charge in [0.05, 0.1) is 5.41 Å². The predicted octanol–water partition coefficient (Wildman–Crippen LogP) is 1.78. The molecule has 3 N–H and O–H groups in total. The molecule has 0 bridgehead atoms. The van der Waals surface area contributed by atoms with Crippen molar-refractivity contribution in [2.45, 2.75) is 38.5 Å². The van der Waals surface area contributed by atoms with E-state index in [9.17, 15) is 4.79 Å². The fourth-order valence-corrected chi connectivity index (χ4v) is 2.89. The van der Waals surface area contributed by atoms with Crippen molar-refractivity contribution in [3.63, 3.8) is 0 Å². The van der Waals surface area contributed by atoms with Crippen LogP contribution in [0.5, 0.6) is 0 Å². The molecule has 0 unspecified atom stereocenters. The Kier molecular flexibility index (Phi) is 8.50. The molecule has 112 valence electrons. The summed E-state index contributed by atoms with van der Waals surface area (Å²) in [6, 6.07) is 0. The summed E-state index contributed by atoms with van der Waals surface area (Å²) in [7, 11) is 0. The summed E-state index contributed by atoms with van der Waals surface area (Å²) in [6.45, 7) is 2.51. The molecule has 1 aliphatic rings. The molecular formula is C14H28N2O2S. The zero-order valence-corrected chi connectivity index (χ0v) is 12.9. The number of hydrogen-bond acceptors (Lipinski definition) is 4. The second-order valence-electron chi connectivity index (χ2n) is 5.26. The van der Waals surface area contributed by atoms with Crippen LogP contribution in [-0.4, -0.2) is 44.2 Å². The highest BCUT2D eigenvalue weighted by atomic mass is 32.2. The third-order valence-corrected chi connectivity index (χ3v) is 4.58. The summed E-state index contributed by atoms with van der Waals surface area (Å²) < 4.78 is 5.32. The van der Waals surface area contributed by atoms with Gasteiger partial charge in [0.25, 0.3) is 0 Å². The van der Waals surface area contributed by atoms with Crippen LogP contribution in [-0.2, 0) is 9.53 Å². The molecule has 1 saturated heterocycles. The molecule has 0 aliphatic carbocycles. The standard InChI is InChI=1S/C14H28N2O2S/c1-19-11-5-3-2-4-8-16-13(17)14(12-15)6-9-18-10-7-14/h2-12,15H2,1H3,(H,16,17). The number of rotatable bonds is 9. The third kappa shape index (κ3) is 5.71. The molecule has 0 aromatic rings. The lowest BCUT2D eigenvalue weighted by molar-refractivity contribution is -0.135. The molecule has 0 atom stereocenters. The predicted molar refractivity (Wildman–Crippen MR) is 81.4 cm³/mol. The van der Waals surface area contributed by atoms with Crippen molar-refractivity contribution in [2.75, 3.05) is 38.3 Å². The van der Waals surface area contributed by atoms with Crippen molar-refractivity contribution >= 4 is 17.7 Å². The molecule has 5 heteroatoms. The summed E-state index contributed by atoms with van der Waals surface area (Å²) in [6.07, 6.45) is 8.44. The molecule has 1 heterocycles. The summed E-state index contributed by atoms with van der Waals surface area (Å²) in [5.41, 5.74) is 5.43. The number of amides is 1. The van der Waals surface area contributed by atoms with Gasteiger partial charge in [-0.2, -0.15) is 11.8 Å². The fourth-order valence-electron chi connectivity index (χ4n) is 2.40. The molecule has 0 aromatic carbocycles. The Hall–Kier alpha value is -0.260. The van der Waals surface area contributed by atoms with Gasteiger partial charge in [-0.05, 0) is 37.7 Å². The molecule has 0 aromatic heterocycles. The number of hydrogen-bond donors (Lipinski definition) is 2. The normalized spacial score (nSPS) is 18.2. The van der Waals surface area contributed by atoms with Gasteiger partial charge in [0.15, 0.2) is 0 Å². The second kappa shape index (κ2) is 9.61. The average Bonchev–Trinajstić information content (AvgIpc) is 2.46. The van der Waals surface area contributed by atoms with Crippen molar-refractivity contribution in [1.29, 1.82) is 0 Å². The van der Waals surface area contributed by atoms with E-state index in [4.69, 9.17) is 10.5 Å². The van der Waals surface area contributed by atoms with Crippen LogP contribution in [0.1, 0.15) is 38.5 Å². The minimum atomic E-state index is -0.378. The van der Waals surface area contributed by atoms with E-state index < -0.39 is 0 Å². The maximum absolute atomic E-state index is 12.2. The SMILES string of the molecule is CSCCCCCCNC(=O)C1(CN)CCOCC1. The van der Waals surface area contributed by atoms with E-state index in [-0.39, 0.29) is 11.3 Å². The van der Waals surface area contributed by atoms with Crippen molar-refractivity contribution < 1.29 is 9.53 Å². The van der Waals surface area contributed by atoms with Gasteiger partial charge < -0.3 is 15.8 Å². The van der Waals surface area contributed by atoms with Gasteiger partial charge in [0.2, 0.25) is 5.91 Å². The van der Waals surface area contributed by atoms with Gasteiger partial charge in [0.1, 0.15) is 0 Å². The van der Waals surface area contributed by atoms with E-state index in [1.165, 1.54) is 25.0 Å². The summed E-state index contributed by atoms with van der Waals surface area (Å²) in [5, 5.41) is 3.06.